The third-order valence-electron chi connectivity index (χ3n) is 3.12. The fourth-order valence-electron chi connectivity index (χ4n) is 2.32. The van der Waals surface area contributed by atoms with Crippen LogP contribution in [0.1, 0.15) is 25.2 Å². The second-order valence-electron chi connectivity index (χ2n) is 4.68. The molecule has 0 aliphatic rings. The minimum atomic E-state index is -4.32. The number of benzene rings is 1. The minimum absolute atomic E-state index is 0.0519. The largest absolute Gasteiger partial charge is 0.494 e. The summed E-state index contributed by atoms with van der Waals surface area (Å²) in [5.74, 6) is -0.486. The first-order chi connectivity index (χ1) is 9.76. The molecule has 3 nitrogen and oxygen atoms in total. The van der Waals surface area contributed by atoms with Gasteiger partial charge in [0.1, 0.15) is 5.82 Å². The molecular formula is C13H13ClF4N2O. The summed E-state index contributed by atoms with van der Waals surface area (Å²) in [4.78, 5) is 4.09. The fraction of sp³-hybridized carbons (Fsp3) is 0.462. The molecule has 0 N–H and O–H groups in total. The van der Waals surface area contributed by atoms with Crippen molar-refractivity contribution in [3.05, 3.63) is 23.8 Å². The molecule has 21 heavy (non-hydrogen) atoms. The minimum Gasteiger partial charge on any atom is -0.494 e. The van der Waals surface area contributed by atoms with E-state index in [1.54, 1.807) is 0 Å². The number of halogens is 5. The highest BCUT2D eigenvalue weighted by Gasteiger charge is 2.32. The standard InChI is InChI=1S/C13H13ClF4N2O/c1-7(5-13(16,17)18)20-10-4-11(21-2)8(15)3-9(10)19-12(20)6-14/h3-4,7H,5-6H2,1-2H3. The number of nitrogens with zero attached hydrogens (tertiary/aromatic N) is 2. The van der Waals surface area contributed by atoms with E-state index in [0.29, 0.717) is 5.52 Å². The van der Waals surface area contributed by atoms with Gasteiger partial charge in [-0.05, 0) is 6.92 Å². The van der Waals surface area contributed by atoms with Gasteiger partial charge in [0.25, 0.3) is 0 Å². The molecule has 0 saturated carbocycles. The number of hydrogen-bond acceptors (Lipinski definition) is 2. The Labute approximate surface area is 123 Å². The van der Waals surface area contributed by atoms with Crippen molar-refractivity contribution in [1.29, 1.82) is 0 Å². The van der Waals surface area contributed by atoms with Crippen molar-refractivity contribution >= 4 is 22.6 Å². The van der Waals surface area contributed by atoms with Gasteiger partial charge < -0.3 is 9.30 Å². The van der Waals surface area contributed by atoms with E-state index in [9.17, 15) is 17.6 Å². The number of aromatic nitrogens is 2. The van der Waals surface area contributed by atoms with Gasteiger partial charge in [-0.1, -0.05) is 0 Å². The van der Waals surface area contributed by atoms with E-state index in [0.717, 1.165) is 6.07 Å². The van der Waals surface area contributed by atoms with Crippen molar-refractivity contribution < 1.29 is 22.3 Å². The lowest BCUT2D eigenvalue weighted by Gasteiger charge is -2.18. The van der Waals surface area contributed by atoms with Crippen LogP contribution in [0.15, 0.2) is 12.1 Å². The third-order valence-corrected chi connectivity index (χ3v) is 3.36. The molecule has 1 unspecified atom stereocenters. The maximum absolute atomic E-state index is 13.6. The summed E-state index contributed by atoms with van der Waals surface area (Å²) in [6, 6.07) is 1.56. The number of methoxy groups -OCH3 is 1. The Bertz CT molecular complexity index is 654. The smallest absolute Gasteiger partial charge is 0.391 e. The predicted octanol–water partition coefficient (Wildman–Crippen LogP) is 4.44. The van der Waals surface area contributed by atoms with Crippen LogP contribution in [0, 0.1) is 5.82 Å². The first-order valence-electron chi connectivity index (χ1n) is 6.14. The Morgan fingerprint density at radius 1 is 1.38 bits per heavy atom. The zero-order valence-electron chi connectivity index (χ0n) is 11.3. The predicted molar refractivity (Wildman–Crippen MR) is 71.2 cm³/mol. The number of ether oxygens (including phenoxy) is 1. The quantitative estimate of drug-likeness (QED) is 0.614. The van der Waals surface area contributed by atoms with E-state index in [2.05, 4.69) is 4.98 Å². The van der Waals surface area contributed by atoms with Gasteiger partial charge in [-0.25, -0.2) is 9.37 Å². The van der Waals surface area contributed by atoms with E-state index < -0.39 is 24.5 Å². The lowest BCUT2D eigenvalue weighted by molar-refractivity contribution is -0.141. The van der Waals surface area contributed by atoms with E-state index in [1.165, 1.54) is 24.7 Å². The van der Waals surface area contributed by atoms with Gasteiger partial charge >= 0.3 is 6.18 Å². The fourth-order valence-corrected chi connectivity index (χ4v) is 2.50. The average molecular weight is 325 g/mol. The molecule has 8 heteroatoms. The molecule has 0 fully saturated rings. The van der Waals surface area contributed by atoms with Crippen molar-refractivity contribution in [3.63, 3.8) is 0 Å². The molecule has 1 atom stereocenters. The number of alkyl halides is 4. The van der Waals surface area contributed by atoms with Gasteiger partial charge in [-0.3, -0.25) is 0 Å². The molecule has 2 aromatic rings. The van der Waals surface area contributed by atoms with Crippen molar-refractivity contribution in [2.45, 2.75) is 31.4 Å². The van der Waals surface area contributed by atoms with Crippen LogP contribution in [0.4, 0.5) is 17.6 Å². The summed E-state index contributed by atoms with van der Waals surface area (Å²) >= 11 is 5.74. The third kappa shape index (κ3) is 3.23. The van der Waals surface area contributed by atoms with Gasteiger partial charge in [0.05, 0.1) is 30.4 Å². The molecule has 1 aromatic heterocycles. The maximum Gasteiger partial charge on any atom is 0.391 e. The van der Waals surface area contributed by atoms with Gasteiger partial charge in [0.2, 0.25) is 0 Å². The van der Waals surface area contributed by atoms with Crippen molar-refractivity contribution in [1.82, 2.24) is 9.55 Å². The topological polar surface area (TPSA) is 27.1 Å². The van der Waals surface area contributed by atoms with Gasteiger partial charge in [-0.2, -0.15) is 13.2 Å². The van der Waals surface area contributed by atoms with Crippen LogP contribution in [0.5, 0.6) is 5.75 Å². The molecule has 0 amide bonds. The number of hydrogen-bond donors (Lipinski definition) is 0. The summed E-state index contributed by atoms with van der Waals surface area (Å²) in [5.41, 5.74) is 0.610. The van der Waals surface area contributed by atoms with Crippen LogP contribution in [0.3, 0.4) is 0 Å². The normalized spacial score (nSPS) is 13.7. The second kappa shape index (κ2) is 5.71. The highest BCUT2D eigenvalue weighted by Crippen LogP contribution is 2.33. The first kappa shape index (κ1) is 15.9. The van der Waals surface area contributed by atoms with Crippen LogP contribution < -0.4 is 4.74 Å². The molecule has 0 saturated heterocycles. The molecule has 0 aliphatic heterocycles. The molecule has 1 aromatic carbocycles. The summed E-state index contributed by atoms with van der Waals surface area (Å²) in [5, 5.41) is 0. The molecule has 116 valence electrons. The summed E-state index contributed by atoms with van der Waals surface area (Å²) in [7, 11) is 1.28. The number of imidazole rings is 1. The highest BCUT2D eigenvalue weighted by molar-refractivity contribution is 6.16. The van der Waals surface area contributed by atoms with E-state index >= 15 is 0 Å². The van der Waals surface area contributed by atoms with Crippen LogP contribution in [0.2, 0.25) is 0 Å². The Morgan fingerprint density at radius 2 is 2.05 bits per heavy atom. The lowest BCUT2D eigenvalue weighted by atomic mass is 10.2. The van der Waals surface area contributed by atoms with Gasteiger partial charge in [-0.15, -0.1) is 11.6 Å². The summed E-state index contributed by atoms with van der Waals surface area (Å²) in [6.07, 6.45) is -5.34. The zero-order chi connectivity index (χ0) is 15.8. The average Bonchev–Trinajstić information content (AvgIpc) is 2.72. The van der Waals surface area contributed by atoms with Crippen molar-refractivity contribution in [2.24, 2.45) is 0 Å². The highest BCUT2D eigenvalue weighted by atomic mass is 35.5. The SMILES string of the molecule is COc1cc2c(cc1F)nc(CCl)n2C(C)CC(F)(F)F. The number of fused-ring (bicyclic) bond motifs is 1. The monoisotopic (exact) mass is 324 g/mol. The summed E-state index contributed by atoms with van der Waals surface area (Å²) in [6.45, 7) is 1.42. The molecule has 0 radical (unpaired) electrons. The number of rotatable bonds is 4. The van der Waals surface area contributed by atoms with Crippen LogP contribution >= 0.6 is 11.6 Å². The van der Waals surface area contributed by atoms with Crippen LogP contribution in [-0.4, -0.2) is 22.8 Å². The van der Waals surface area contributed by atoms with E-state index in [1.807, 2.05) is 0 Å². The Morgan fingerprint density at radius 3 is 2.57 bits per heavy atom. The van der Waals surface area contributed by atoms with Gasteiger partial charge in [0.15, 0.2) is 11.6 Å². The Hall–Kier alpha value is -1.50. The Balaban J connectivity index is 2.59. The zero-order valence-corrected chi connectivity index (χ0v) is 12.1. The second-order valence-corrected chi connectivity index (χ2v) is 4.94. The van der Waals surface area contributed by atoms with Gasteiger partial charge in [0, 0.05) is 18.2 Å². The lowest BCUT2D eigenvalue weighted by Crippen LogP contribution is -2.18. The Kier molecular flexibility index (Phi) is 4.32. The molecule has 2 rings (SSSR count). The molecule has 1 heterocycles. The van der Waals surface area contributed by atoms with Crippen molar-refractivity contribution in [3.8, 4) is 5.75 Å². The van der Waals surface area contributed by atoms with E-state index in [-0.39, 0.29) is 23.0 Å². The molecule has 0 aliphatic carbocycles. The van der Waals surface area contributed by atoms with Crippen LogP contribution in [0.25, 0.3) is 11.0 Å². The maximum atomic E-state index is 13.6. The first-order valence-corrected chi connectivity index (χ1v) is 6.67. The van der Waals surface area contributed by atoms with Crippen LogP contribution in [-0.2, 0) is 5.88 Å². The van der Waals surface area contributed by atoms with Crippen molar-refractivity contribution in [2.75, 3.05) is 7.11 Å². The summed E-state index contributed by atoms with van der Waals surface area (Å²) < 4.78 is 57.7. The molecular weight excluding hydrogens is 312 g/mol. The van der Waals surface area contributed by atoms with E-state index in [4.69, 9.17) is 16.3 Å². The molecule has 0 bridgehead atoms. The molecule has 0 spiro atoms.